The summed E-state index contributed by atoms with van der Waals surface area (Å²) in [6, 6.07) is 11.0. The number of hydrogen-bond acceptors (Lipinski definition) is 3. The average Bonchev–Trinajstić information content (AvgIpc) is 2.96. The van der Waals surface area contributed by atoms with E-state index in [-0.39, 0.29) is 18.7 Å². The van der Waals surface area contributed by atoms with E-state index in [0.29, 0.717) is 11.0 Å². The number of ether oxygens (including phenoxy) is 2. The topological polar surface area (TPSA) is 30.5 Å². The van der Waals surface area contributed by atoms with E-state index in [9.17, 15) is 4.39 Å². The van der Waals surface area contributed by atoms with E-state index >= 15 is 0 Å². The monoisotopic (exact) mass is 351 g/mol. The highest BCUT2D eigenvalue weighted by atomic mass is 79.9. The van der Waals surface area contributed by atoms with Crippen molar-refractivity contribution >= 4 is 15.9 Å². The zero-order chi connectivity index (χ0) is 14.8. The molecule has 0 aliphatic carbocycles. The van der Waals surface area contributed by atoms with Crippen molar-refractivity contribution in [3.05, 3.63) is 57.8 Å². The number of nitrogens with one attached hydrogen (secondary N) is 1. The van der Waals surface area contributed by atoms with Gasteiger partial charge in [-0.15, -0.1) is 0 Å². The zero-order valence-electron chi connectivity index (χ0n) is 11.5. The number of hydrogen-bond donors (Lipinski definition) is 1. The van der Waals surface area contributed by atoms with Crippen molar-refractivity contribution in [2.75, 3.05) is 6.79 Å². The third kappa shape index (κ3) is 3.04. The lowest BCUT2D eigenvalue weighted by Gasteiger charge is -2.15. The van der Waals surface area contributed by atoms with Crippen LogP contribution in [0.5, 0.6) is 11.5 Å². The fourth-order valence-corrected chi connectivity index (χ4v) is 2.69. The minimum Gasteiger partial charge on any atom is -0.454 e. The summed E-state index contributed by atoms with van der Waals surface area (Å²) in [5, 5.41) is 3.41. The van der Waals surface area contributed by atoms with Gasteiger partial charge in [-0.3, -0.25) is 0 Å². The number of rotatable bonds is 4. The predicted octanol–water partition coefficient (Wildman–Crippen LogP) is 4.17. The van der Waals surface area contributed by atoms with Gasteiger partial charge in [0.25, 0.3) is 0 Å². The first kappa shape index (κ1) is 14.4. The lowest BCUT2D eigenvalue weighted by atomic mass is 10.1. The van der Waals surface area contributed by atoms with Gasteiger partial charge in [0.05, 0.1) is 4.47 Å². The molecule has 2 aromatic rings. The summed E-state index contributed by atoms with van der Waals surface area (Å²) in [6.07, 6.45) is 0. The van der Waals surface area contributed by atoms with Gasteiger partial charge in [0.15, 0.2) is 11.5 Å². The molecule has 0 amide bonds. The molecule has 0 radical (unpaired) electrons. The summed E-state index contributed by atoms with van der Waals surface area (Å²) >= 11 is 3.21. The SMILES string of the molecule is CC(NCc1cccc2c1OCO2)c1ccc(F)c(Br)c1. The van der Waals surface area contributed by atoms with E-state index in [1.807, 2.05) is 25.1 Å². The van der Waals surface area contributed by atoms with Crippen LogP contribution in [0.25, 0.3) is 0 Å². The van der Waals surface area contributed by atoms with Gasteiger partial charge in [-0.1, -0.05) is 18.2 Å². The maximum atomic E-state index is 13.3. The van der Waals surface area contributed by atoms with Crippen molar-refractivity contribution in [1.82, 2.24) is 5.32 Å². The first-order chi connectivity index (χ1) is 10.1. The molecule has 0 fully saturated rings. The second-order valence-electron chi connectivity index (χ2n) is 4.93. The number of fused-ring (bicyclic) bond motifs is 1. The smallest absolute Gasteiger partial charge is 0.231 e. The molecule has 1 aliphatic rings. The van der Waals surface area contributed by atoms with Crippen LogP contribution in [0.1, 0.15) is 24.1 Å². The molecule has 0 saturated heterocycles. The summed E-state index contributed by atoms with van der Waals surface area (Å²) in [5.41, 5.74) is 2.08. The van der Waals surface area contributed by atoms with Gasteiger partial charge in [0, 0.05) is 18.2 Å². The van der Waals surface area contributed by atoms with Crippen molar-refractivity contribution in [1.29, 1.82) is 0 Å². The molecule has 1 aliphatic heterocycles. The lowest BCUT2D eigenvalue weighted by Crippen LogP contribution is -2.18. The summed E-state index contributed by atoms with van der Waals surface area (Å²) < 4.78 is 24.6. The van der Waals surface area contributed by atoms with Gasteiger partial charge < -0.3 is 14.8 Å². The Balaban J connectivity index is 1.70. The van der Waals surface area contributed by atoms with E-state index in [1.54, 1.807) is 12.1 Å². The molecule has 1 unspecified atom stereocenters. The largest absolute Gasteiger partial charge is 0.454 e. The van der Waals surface area contributed by atoms with Crippen LogP contribution in [0.15, 0.2) is 40.9 Å². The molecule has 3 nitrogen and oxygen atoms in total. The number of benzene rings is 2. The third-order valence-electron chi connectivity index (χ3n) is 3.52. The molecule has 1 N–H and O–H groups in total. The molecule has 0 aromatic heterocycles. The van der Waals surface area contributed by atoms with E-state index in [2.05, 4.69) is 21.2 Å². The van der Waals surface area contributed by atoms with Gasteiger partial charge in [-0.25, -0.2) is 4.39 Å². The van der Waals surface area contributed by atoms with Crippen LogP contribution in [0.2, 0.25) is 0 Å². The van der Waals surface area contributed by atoms with Crippen LogP contribution in [0, 0.1) is 5.82 Å². The van der Waals surface area contributed by atoms with Crippen LogP contribution in [0.4, 0.5) is 4.39 Å². The Kier molecular flexibility index (Phi) is 4.12. The molecule has 0 saturated carbocycles. The Morgan fingerprint density at radius 2 is 2.14 bits per heavy atom. The first-order valence-electron chi connectivity index (χ1n) is 6.71. The van der Waals surface area contributed by atoms with Crippen molar-refractivity contribution in [3.63, 3.8) is 0 Å². The number of para-hydroxylation sites is 1. The highest BCUT2D eigenvalue weighted by Crippen LogP contribution is 2.35. The predicted molar refractivity (Wildman–Crippen MR) is 81.9 cm³/mol. The van der Waals surface area contributed by atoms with Gasteiger partial charge in [-0.05, 0) is 46.6 Å². The van der Waals surface area contributed by atoms with Crippen molar-refractivity contribution in [2.45, 2.75) is 19.5 Å². The second-order valence-corrected chi connectivity index (χ2v) is 5.78. The standard InChI is InChI=1S/C16H15BrFNO2/c1-10(11-5-6-14(18)13(17)7-11)19-8-12-3-2-4-15-16(12)21-9-20-15/h2-7,10,19H,8-9H2,1H3. The Labute approximate surface area is 131 Å². The Morgan fingerprint density at radius 1 is 1.29 bits per heavy atom. The molecule has 0 spiro atoms. The highest BCUT2D eigenvalue weighted by molar-refractivity contribution is 9.10. The highest BCUT2D eigenvalue weighted by Gasteiger charge is 2.17. The Hall–Kier alpha value is -1.59. The fourth-order valence-electron chi connectivity index (χ4n) is 2.29. The maximum absolute atomic E-state index is 13.3. The van der Waals surface area contributed by atoms with Crippen molar-refractivity contribution in [2.24, 2.45) is 0 Å². The second kappa shape index (κ2) is 6.03. The van der Waals surface area contributed by atoms with Crippen LogP contribution >= 0.6 is 15.9 Å². The minimum atomic E-state index is -0.252. The van der Waals surface area contributed by atoms with Gasteiger partial charge in [0.1, 0.15) is 5.82 Å². The van der Waals surface area contributed by atoms with E-state index in [4.69, 9.17) is 9.47 Å². The molecule has 1 heterocycles. The molecule has 110 valence electrons. The third-order valence-corrected chi connectivity index (χ3v) is 4.13. The van der Waals surface area contributed by atoms with Crippen molar-refractivity contribution in [3.8, 4) is 11.5 Å². The van der Waals surface area contributed by atoms with Crippen molar-refractivity contribution < 1.29 is 13.9 Å². The first-order valence-corrected chi connectivity index (χ1v) is 7.50. The molecule has 2 aromatic carbocycles. The van der Waals surface area contributed by atoms with Crippen LogP contribution < -0.4 is 14.8 Å². The molecule has 5 heteroatoms. The van der Waals surface area contributed by atoms with E-state index in [0.717, 1.165) is 22.6 Å². The maximum Gasteiger partial charge on any atom is 0.231 e. The van der Waals surface area contributed by atoms with Gasteiger partial charge >= 0.3 is 0 Å². The molecular weight excluding hydrogens is 337 g/mol. The Morgan fingerprint density at radius 3 is 2.95 bits per heavy atom. The van der Waals surface area contributed by atoms with E-state index < -0.39 is 0 Å². The minimum absolute atomic E-state index is 0.0973. The molecule has 1 atom stereocenters. The van der Waals surface area contributed by atoms with Gasteiger partial charge in [-0.2, -0.15) is 0 Å². The molecule has 21 heavy (non-hydrogen) atoms. The summed E-state index contributed by atoms with van der Waals surface area (Å²) in [5.74, 6) is 1.33. The summed E-state index contributed by atoms with van der Waals surface area (Å²) in [7, 11) is 0. The Bertz CT molecular complexity index is 663. The zero-order valence-corrected chi connectivity index (χ0v) is 13.1. The van der Waals surface area contributed by atoms with Crippen LogP contribution in [-0.4, -0.2) is 6.79 Å². The van der Waals surface area contributed by atoms with Crippen LogP contribution in [0.3, 0.4) is 0 Å². The normalized spacial score (nSPS) is 14.2. The molecular formula is C16H15BrFNO2. The summed E-state index contributed by atoms with van der Waals surface area (Å²) in [6.45, 7) is 2.97. The van der Waals surface area contributed by atoms with Crippen LogP contribution in [-0.2, 0) is 6.54 Å². The van der Waals surface area contributed by atoms with E-state index in [1.165, 1.54) is 6.07 Å². The number of halogens is 2. The lowest BCUT2D eigenvalue weighted by molar-refractivity contribution is 0.173. The summed E-state index contributed by atoms with van der Waals surface area (Å²) in [4.78, 5) is 0. The molecule has 3 rings (SSSR count). The fraction of sp³-hybridized carbons (Fsp3) is 0.250. The van der Waals surface area contributed by atoms with Gasteiger partial charge in [0.2, 0.25) is 6.79 Å². The quantitative estimate of drug-likeness (QED) is 0.896. The molecule has 0 bridgehead atoms. The average molecular weight is 352 g/mol.